The molecule has 1 aliphatic heterocycles. The molecule has 2 aromatic rings. The van der Waals surface area contributed by atoms with Crippen LogP contribution >= 0.6 is 0 Å². The second kappa shape index (κ2) is 5.95. The van der Waals surface area contributed by atoms with Crippen molar-refractivity contribution in [3.05, 3.63) is 36.0 Å². The zero-order valence-corrected chi connectivity index (χ0v) is 13.2. The maximum absolute atomic E-state index is 12.5. The number of fused-ring (bicyclic) bond motifs is 1. The monoisotopic (exact) mass is 298 g/mol. The fourth-order valence-corrected chi connectivity index (χ4v) is 3.16. The number of Topliss-reactive ketones (excluding diaryl/α,β-unsaturated/α-hetero) is 1. The highest BCUT2D eigenvalue weighted by Crippen LogP contribution is 2.22. The number of carbonyl (C=O) groups excluding carboxylic acids is 2. The van der Waals surface area contributed by atoms with Crippen LogP contribution in [0.2, 0.25) is 0 Å². The fraction of sp³-hybridized carbons (Fsp3) is 0.444. The molecule has 1 aliphatic rings. The number of para-hydroxylation sites is 1. The van der Waals surface area contributed by atoms with E-state index < -0.39 is 0 Å². The Bertz CT molecular complexity index is 709. The van der Waals surface area contributed by atoms with Crippen LogP contribution in [0, 0.1) is 5.92 Å². The van der Waals surface area contributed by atoms with Gasteiger partial charge in [-0.15, -0.1) is 0 Å². The van der Waals surface area contributed by atoms with Gasteiger partial charge in [0.25, 0.3) is 0 Å². The summed E-state index contributed by atoms with van der Waals surface area (Å²) >= 11 is 0. The summed E-state index contributed by atoms with van der Waals surface area (Å²) in [6.45, 7) is 5.81. The molecule has 0 bridgehead atoms. The number of rotatable bonds is 3. The highest BCUT2D eigenvalue weighted by atomic mass is 16.2. The Labute approximate surface area is 130 Å². The number of hydrogen-bond donors (Lipinski definition) is 0. The zero-order chi connectivity index (χ0) is 15.7. The van der Waals surface area contributed by atoms with Crippen LogP contribution in [0.25, 0.3) is 10.9 Å². The molecule has 0 radical (unpaired) electrons. The molecular formula is C18H22N2O2. The summed E-state index contributed by atoms with van der Waals surface area (Å²) in [7, 11) is 0. The fourth-order valence-electron chi connectivity index (χ4n) is 3.16. The van der Waals surface area contributed by atoms with Crippen molar-refractivity contribution in [3.63, 3.8) is 0 Å². The number of aromatic nitrogens is 1. The van der Waals surface area contributed by atoms with Crippen molar-refractivity contribution in [3.8, 4) is 0 Å². The Hall–Kier alpha value is -2.10. The molecule has 3 rings (SSSR count). The first kappa shape index (κ1) is 14.8. The van der Waals surface area contributed by atoms with E-state index in [0.29, 0.717) is 18.0 Å². The van der Waals surface area contributed by atoms with E-state index >= 15 is 0 Å². The summed E-state index contributed by atoms with van der Waals surface area (Å²) in [4.78, 5) is 26.3. The molecule has 0 atom stereocenters. The number of amides is 1. The van der Waals surface area contributed by atoms with Crippen molar-refractivity contribution >= 4 is 22.6 Å². The molecule has 1 aromatic heterocycles. The molecule has 0 spiro atoms. The molecule has 0 unspecified atom stereocenters. The highest BCUT2D eigenvalue weighted by Gasteiger charge is 2.21. The Morgan fingerprint density at radius 3 is 2.55 bits per heavy atom. The largest absolute Gasteiger partial charge is 0.341 e. The third kappa shape index (κ3) is 2.78. The van der Waals surface area contributed by atoms with Gasteiger partial charge in [0.15, 0.2) is 5.78 Å². The van der Waals surface area contributed by atoms with Crippen LogP contribution in [-0.4, -0.2) is 34.2 Å². The lowest BCUT2D eigenvalue weighted by atomic mass is 9.99. The number of piperidine rings is 1. The third-order valence-corrected chi connectivity index (χ3v) is 4.61. The van der Waals surface area contributed by atoms with Crippen LogP contribution in [-0.2, 0) is 11.3 Å². The molecule has 1 amide bonds. The smallest absolute Gasteiger partial charge is 0.242 e. The average molecular weight is 298 g/mol. The summed E-state index contributed by atoms with van der Waals surface area (Å²) in [5.74, 6) is 0.887. The lowest BCUT2D eigenvalue weighted by Crippen LogP contribution is -2.39. The molecular weight excluding hydrogens is 276 g/mol. The third-order valence-electron chi connectivity index (χ3n) is 4.61. The Balaban J connectivity index is 1.85. The van der Waals surface area contributed by atoms with Crippen molar-refractivity contribution in [2.45, 2.75) is 33.2 Å². The standard InChI is InChI=1S/C18H22N2O2/c1-13-7-9-19(10-8-13)18(22)12-20-11-16(14(2)21)15-5-3-4-6-17(15)20/h3-6,11,13H,7-10,12H2,1-2H3. The summed E-state index contributed by atoms with van der Waals surface area (Å²) in [6, 6.07) is 7.77. The van der Waals surface area contributed by atoms with Crippen LogP contribution in [0.15, 0.2) is 30.5 Å². The second-order valence-corrected chi connectivity index (χ2v) is 6.31. The molecule has 1 saturated heterocycles. The van der Waals surface area contributed by atoms with Crippen molar-refractivity contribution in [1.29, 1.82) is 0 Å². The molecule has 2 heterocycles. The van der Waals surface area contributed by atoms with Gasteiger partial charge in [0, 0.05) is 35.8 Å². The maximum atomic E-state index is 12.5. The first-order chi connectivity index (χ1) is 10.6. The van der Waals surface area contributed by atoms with Gasteiger partial charge < -0.3 is 9.47 Å². The Kier molecular flexibility index (Phi) is 4.01. The van der Waals surface area contributed by atoms with Gasteiger partial charge in [-0.2, -0.15) is 0 Å². The minimum atomic E-state index is 0.0363. The van der Waals surface area contributed by atoms with Crippen molar-refractivity contribution in [1.82, 2.24) is 9.47 Å². The maximum Gasteiger partial charge on any atom is 0.242 e. The van der Waals surface area contributed by atoms with Gasteiger partial charge in [0.1, 0.15) is 6.54 Å². The van der Waals surface area contributed by atoms with Gasteiger partial charge in [-0.3, -0.25) is 9.59 Å². The first-order valence-corrected chi connectivity index (χ1v) is 7.93. The lowest BCUT2D eigenvalue weighted by Gasteiger charge is -2.30. The van der Waals surface area contributed by atoms with Gasteiger partial charge in [0.2, 0.25) is 5.91 Å². The topological polar surface area (TPSA) is 42.3 Å². The zero-order valence-electron chi connectivity index (χ0n) is 13.2. The SMILES string of the molecule is CC(=O)c1cn(CC(=O)N2CCC(C)CC2)c2ccccc12. The average Bonchev–Trinajstić information content (AvgIpc) is 2.87. The number of benzene rings is 1. The van der Waals surface area contributed by atoms with Crippen LogP contribution in [0.5, 0.6) is 0 Å². The summed E-state index contributed by atoms with van der Waals surface area (Å²) in [5.41, 5.74) is 1.64. The molecule has 4 heteroatoms. The van der Waals surface area contributed by atoms with Gasteiger partial charge in [-0.05, 0) is 31.7 Å². The summed E-state index contributed by atoms with van der Waals surface area (Å²) in [6.07, 6.45) is 3.98. The quantitative estimate of drug-likeness (QED) is 0.817. The van der Waals surface area contributed by atoms with Gasteiger partial charge >= 0.3 is 0 Å². The molecule has 0 saturated carbocycles. The molecule has 0 N–H and O–H groups in total. The predicted octanol–water partition coefficient (Wildman–Crippen LogP) is 3.10. The van der Waals surface area contributed by atoms with E-state index in [2.05, 4.69) is 6.92 Å². The second-order valence-electron chi connectivity index (χ2n) is 6.31. The Morgan fingerprint density at radius 1 is 1.18 bits per heavy atom. The van der Waals surface area contributed by atoms with Gasteiger partial charge in [-0.25, -0.2) is 0 Å². The number of hydrogen-bond acceptors (Lipinski definition) is 2. The van der Waals surface area contributed by atoms with Crippen molar-refractivity contribution in [2.75, 3.05) is 13.1 Å². The van der Waals surface area contributed by atoms with E-state index in [9.17, 15) is 9.59 Å². The number of carbonyl (C=O) groups is 2. The number of nitrogens with zero attached hydrogens (tertiary/aromatic N) is 2. The number of likely N-dealkylation sites (tertiary alicyclic amines) is 1. The Morgan fingerprint density at radius 2 is 1.86 bits per heavy atom. The molecule has 22 heavy (non-hydrogen) atoms. The predicted molar refractivity (Wildman–Crippen MR) is 86.9 cm³/mol. The molecule has 4 nitrogen and oxygen atoms in total. The van der Waals surface area contributed by atoms with Gasteiger partial charge in [-0.1, -0.05) is 25.1 Å². The van der Waals surface area contributed by atoms with E-state index in [1.54, 1.807) is 6.92 Å². The molecule has 116 valence electrons. The van der Waals surface area contributed by atoms with Crippen molar-refractivity contribution in [2.24, 2.45) is 5.92 Å². The molecule has 1 aromatic carbocycles. The molecule has 0 aliphatic carbocycles. The number of ketones is 1. The van der Waals surface area contributed by atoms with E-state index in [4.69, 9.17) is 0 Å². The van der Waals surface area contributed by atoms with Crippen LogP contribution in [0.3, 0.4) is 0 Å². The lowest BCUT2D eigenvalue weighted by molar-refractivity contribution is -0.133. The first-order valence-electron chi connectivity index (χ1n) is 7.93. The minimum absolute atomic E-state index is 0.0363. The minimum Gasteiger partial charge on any atom is -0.341 e. The van der Waals surface area contributed by atoms with Crippen LogP contribution < -0.4 is 0 Å². The van der Waals surface area contributed by atoms with E-state index in [0.717, 1.165) is 36.8 Å². The normalized spacial score (nSPS) is 16.2. The van der Waals surface area contributed by atoms with Gasteiger partial charge in [0.05, 0.1) is 0 Å². The van der Waals surface area contributed by atoms with E-state index in [1.807, 2.05) is 39.9 Å². The summed E-state index contributed by atoms with van der Waals surface area (Å²) < 4.78 is 1.91. The summed E-state index contributed by atoms with van der Waals surface area (Å²) in [5, 5.41) is 0.926. The van der Waals surface area contributed by atoms with E-state index in [1.165, 1.54) is 0 Å². The highest BCUT2D eigenvalue weighted by molar-refractivity contribution is 6.07. The van der Waals surface area contributed by atoms with E-state index in [-0.39, 0.29) is 11.7 Å². The molecule has 1 fully saturated rings. The van der Waals surface area contributed by atoms with Crippen LogP contribution in [0.1, 0.15) is 37.0 Å². The van der Waals surface area contributed by atoms with Crippen LogP contribution in [0.4, 0.5) is 0 Å². The van der Waals surface area contributed by atoms with Crippen molar-refractivity contribution < 1.29 is 9.59 Å².